The Balaban J connectivity index is 2.52. The van der Waals surface area contributed by atoms with Crippen molar-refractivity contribution in [2.24, 2.45) is 0 Å². The summed E-state index contributed by atoms with van der Waals surface area (Å²) < 4.78 is 2.36. The summed E-state index contributed by atoms with van der Waals surface area (Å²) in [5, 5.41) is 4.16. The molecule has 0 spiro atoms. The van der Waals surface area contributed by atoms with Gasteiger partial charge < -0.3 is 0 Å². The van der Waals surface area contributed by atoms with E-state index in [0.29, 0.717) is 4.73 Å². The topological polar surface area (TPSA) is 30.7 Å². The third-order valence-corrected chi connectivity index (χ3v) is 2.19. The fraction of sp³-hybridized carbons (Fsp3) is 0.111. The van der Waals surface area contributed by atoms with Crippen LogP contribution in [0.2, 0.25) is 0 Å². The predicted octanol–water partition coefficient (Wildman–Crippen LogP) is 2.34. The molecule has 0 unspecified atom stereocenters. The van der Waals surface area contributed by atoms with Crippen LogP contribution in [0.4, 0.5) is 0 Å². The van der Waals surface area contributed by atoms with Gasteiger partial charge >= 0.3 is 0 Å². The number of hydrogen-bond donors (Lipinski definition) is 0. The van der Waals surface area contributed by atoms with E-state index in [1.807, 2.05) is 31.2 Å². The van der Waals surface area contributed by atoms with Crippen LogP contribution in [0.5, 0.6) is 0 Å². The van der Waals surface area contributed by atoms with Gasteiger partial charge in [-0.05, 0) is 34.5 Å². The fourth-order valence-electron chi connectivity index (χ4n) is 1.18. The zero-order valence-corrected chi connectivity index (χ0v) is 8.69. The van der Waals surface area contributed by atoms with Gasteiger partial charge in [0.15, 0.2) is 0 Å². The van der Waals surface area contributed by atoms with Crippen LogP contribution < -0.4 is 0 Å². The zero-order chi connectivity index (χ0) is 9.26. The van der Waals surface area contributed by atoms with Crippen LogP contribution in [0.1, 0.15) is 5.56 Å². The maximum atomic E-state index is 4.16. The van der Waals surface area contributed by atoms with Gasteiger partial charge in [0.25, 0.3) is 0 Å². The Morgan fingerprint density at radius 1 is 1.31 bits per heavy atom. The second kappa shape index (κ2) is 3.30. The van der Waals surface area contributed by atoms with E-state index in [9.17, 15) is 0 Å². The molecule has 0 aliphatic rings. The SMILES string of the molecule is Cc1ccccc1-n1cnc(Br)n1. The number of benzene rings is 1. The van der Waals surface area contributed by atoms with Crippen LogP contribution in [0.25, 0.3) is 5.69 Å². The summed E-state index contributed by atoms with van der Waals surface area (Å²) in [5.41, 5.74) is 2.24. The molecular weight excluding hydrogens is 230 g/mol. The van der Waals surface area contributed by atoms with Gasteiger partial charge in [0.2, 0.25) is 4.73 Å². The number of para-hydroxylation sites is 1. The highest BCUT2D eigenvalue weighted by Gasteiger charge is 2.01. The zero-order valence-electron chi connectivity index (χ0n) is 7.11. The van der Waals surface area contributed by atoms with Gasteiger partial charge in [0.1, 0.15) is 6.33 Å². The van der Waals surface area contributed by atoms with E-state index in [-0.39, 0.29) is 0 Å². The van der Waals surface area contributed by atoms with Crippen LogP contribution in [0, 0.1) is 6.92 Å². The maximum absolute atomic E-state index is 4.16. The van der Waals surface area contributed by atoms with Crippen molar-refractivity contribution in [1.82, 2.24) is 14.8 Å². The molecule has 1 aromatic carbocycles. The largest absolute Gasteiger partial charge is 0.220 e. The van der Waals surface area contributed by atoms with Crippen molar-refractivity contribution < 1.29 is 0 Å². The smallest absolute Gasteiger partial charge is 0.217 e. The second-order valence-corrected chi connectivity index (χ2v) is 3.45. The Labute approximate surface area is 84.5 Å². The Morgan fingerprint density at radius 2 is 2.08 bits per heavy atom. The lowest BCUT2D eigenvalue weighted by atomic mass is 10.2. The first kappa shape index (κ1) is 8.44. The summed E-state index contributed by atoms with van der Waals surface area (Å²) >= 11 is 3.21. The molecule has 2 rings (SSSR count). The first-order chi connectivity index (χ1) is 6.27. The molecule has 2 aromatic rings. The quantitative estimate of drug-likeness (QED) is 0.763. The number of aryl methyl sites for hydroxylation is 1. The summed E-state index contributed by atoms with van der Waals surface area (Å²) in [5.74, 6) is 0. The van der Waals surface area contributed by atoms with Crippen LogP contribution in [0.15, 0.2) is 35.3 Å². The van der Waals surface area contributed by atoms with Gasteiger partial charge in [0, 0.05) is 0 Å². The molecule has 0 saturated heterocycles. The van der Waals surface area contributed by atoms with E-state index >= 15 is 0 Å². The van der Waals surface area contributed by atoms with Crippen molar-refractivity contribution in [1.29, 1.82) is 0 Å². The van der Waals surface area contributed by atoms with E-state index in [4.69, 9.17) is 0 Å². The first-order valence-electron chi connectivity index (χ1n) is 3.90. The monoisotopic (exact) mass is 237 g/mol. The molecular formula is C9H8BrN3. The van der Waals surface area contributed by atoms with Gasteiger partial charge in [-0.1, -0.05) is 18.2 Å². The predicted molar refractivity (Wildman–Crippen MR) is 53.8 cm³/mol. The minimum absolute atomic E-state index is 0.607. The lowest BCUT2D eigenvalue weighted by Crippen LogP contribution is -1.96. The summed E-state index contributed by atoms with van der Waals surface area (Å²) in [6, 6.07) is 8.05. The number of rotatable bonds is 1. The van der Waals surface area contributed by atoms with Crippen molar-refractivity contribution in [3.8, 4) is 5.69 Å². The molecule has 0 aliphatic heterocycles. The molecule has 0 bridgehead atoms. The van der Waals surface area contributed by atoms with Crippen molar-refractivity contribution in [2.45, 2.75) is 6.92 Å². The van der Waals surface area contributed by atoms with Gasteiger partial charge in [-0.2, -0.15) is 0 Å². The second-order valence-electron chi connectivity index (χ2n) is 2.74. The lowest BCUT2D eigenvalue weighted by molar-refractivity contribution is 0.863. The summed E-state index contributed by atoms with van der Waals surface area (Å²) in [6.45, 7) is 2.05. The number of nitrogens with zero attached hydrogens (tertiary/aromatic N) is 3. The third kappa shape index (κ3) is 1.62. The highest BCUT2D eigenvalue weighted by Crippen LogP contribution is 2.12. The minimum atomic E-state index is 0.607. The lowest BCUT2D eigenvalue weighted by Gasteiger charge is -2.02. The first-order valence-corrected chi connectivity index (χ1v) is 4.70. The standard InChI is InChI=1S/C9H8BrN3/c1-7-4-2-3-5-8(7)13-6-11-9(10)12-13/h2-6H,1H3. The maximum Gasteiger partial charge on any atom is 0.217 e. The van der Waals surface area contributed by atoms with Gasteiger partial charge in [-0.3, -0.25) is 0 Å². The molecule has 0 radical (unpaired) electrons. The van der Waals surface area contributed by atoms with E-state index in [1.165, 1.54) is 5.56 Å². The molecule has 0 N–H and O–H groups in total. The number of hydrogen-bond acceptors (Lipinski definition) is 2. The number of halogens is 1. The van der Waals surface area contributed by atoms with Crippen molar-refractivity contribution >= 4 is 15.9 Å². The minimum Gasteiger partial charge on any atom is -0.220 e. The summed E-state index contributed by atoms with van der Waals surface area (Å²) in [6.07, 6.45) is 1.69. The Hall–Kier alpha value is -1.16. The Bertz CT molecular complexity index is 422. The summed E-state index contributed by atoms with van der Waals surface area (Å²) in [4.78, 5) is 4.00. The molecule has 1 heterocycles. The Morgan fingerprint density at radius 3 is 2.69 bits per heavy atom. The van der Waals surface area contributed by atoms with Gasteiger partial charge in [-0.25, -0.2) is 9.67 Å². The normalized spacial score (nSPS) is 10.3. The van der Waals surface area contributed by atoms with E-state index in [1.54, 1.807) is 11.0 Å². The van der Waals surface area contributed by atoms with Crippen LogP contribution in [-0.2, 0) is 0 Å². The van der Waals surface area contributed by atoms with Gasteiger partial charge in [0.05, 0.1) is 5.69 Å². The van der Waals surface area contributed by atoms with E-state index in [2.05, 4.69) is 26.0 Å². The molecule has 66 valence electrons. The van der Waals surface area contributed by atoms with E-state index in [0.717, 1.165) is 5.69 Å². The summed E-state index contributed by atoms with van der Waals surface area (Å²) in [7, 11) is 0. The van der Waals surface area contributed by atoms with Crippen molar-refractivity contribution in [2.75, 3.05) is 0 Å². The molecule has 3 nitrogen and oxygen atoms in total. The Kier molecular flexibility index (Phi) is 2.14. The molecule has 13 heavy (non-hydrogen) atoms. The molecule has 0 aliphatic carbocycles. The molecule has 0 fully saturated rings. The average molecular weight is 238 g/mol. The van der Waals surface area contributed by atoms with Crippen molar-refractivity contribution in [3.05, 3.63) is 40.9 Å². The molecule has 1 aromatic heterocycles. The molecule has 4 heteroatoms. The van der Waals surface area contributed by atoms with Crippen LogP contribution in [0.3, 0.4) is 0 Å². The highest BCUT2D eigenvalue weighted by molar-refractivity contribution is 9.10. The third-order valence-electron chi connectivity index (χ3n) is 1.83. The van der Waals surface area contributed by atoms with Crippen LogP contribution in [-0.4, -0.2) is 14.8 Å². The van der Waals surface area contributed by atoms with Crippen LogP contribution >= 0.6 is 15.9 Å². The number of aromatic nitrogens is 3. The van der Waals surface area contributed by atoms with E-state index < -0.39 is 0 Å². The molecule has 0 saturated carbocycles. The van der Waals surface area contributed by atoms with Crippen molar-refractivity contribution in [3.63, 3.8) is 0 Å². The molecule has 0 amide bonds. The molecule has 0 atom stereocenters. The highest BCUT2D eigenvalue weighted by atomic mass is 79.9. The average Bonchev–Trinajstić information content (AvgIpc) is 2.53. The fourth-order valence-corrected chi connectivity index (χ4v) is 1.44. The van der Waals surface area contributed by atoms with Gasteiger partial charge in [-0.15, -0.1) is 5.10 Å².